The Labute approximate surface area is 65.5 Å². The highest BCUT2D eigenvalue weighted by molar-refractivity contribution is 5.82. The van der Waals surface area contributed by atoms with Gasteiger partial charge in [0.2, 0.25) is 0 Å². The highest BCUT2D eigenvalue weighted by Gasteiger charge is 2.28. The van der Waals surface area contributed by atoms with E-state index in [2.05, 4.69) is 5.29 Å². The van der Waals surface area contributed by atoms with Gasteiger partial charge in [-0.15, -0.1) is 4.91 Å². The fourth-order valence-corrected chi connectivity index (χ4v) is 1.27. The molecule has 1 aliphatic rings. The van der Waals surface area contributed by atoms with E-state index in [1.165, 1.54) is 5.01 Å². The number of carbonyl (C=O) groups excluding carboxylic acids is 1. The van der Waals surface area contributed by atoms with Crippen molar-refractivity contribution in [3.8, 4) is 0 Å². The summed E-state index contributed by atoms with van der Waals surface area (Å²) in [5.74, 6) is 0.196. The van der Waals surface area contributed by atoms with Gasteiger partial charge in [0.05, 0.1) is 11.3 Å². The van der Waals surface area contributed by atoms with Crippen molar-refractivity contribution in [2.24, 2.45) is 11.2 Å². The number of nitrogens with zero attached hydrogens (tertiary/aromatic N) is 2. The first-order valence-corrected chi connectivity index (χ1v) is 3.77. The van der Waals surface area contributed by atoms with Gasteiger partial charge < -0.3 is 0 Å². The van der Waals surface area contributed by atoms with E-state index in [-0.39, 0.29) is 17.7 Å². The number of hydrogen-bond donors (Lipinski definition) is 0. The average molecular weight is 156 g/mol. The molecule has 0 aliphatic carbocycles. The lowest BCUT2D eigenvalue weighted by atomic mass is 9.95. The van der Waals surface area contributed by atoms with Gasteiger partial charge in [-0.2, -0.15) is 0 Å². The Morgan fingerprint density at radius 2 is 2.18 bits per heavy atom. The summed E-state index contributed by atoms with van der Waals surface area (Å²) in [5, 5.41) is 4.28. The van der Waals surface area contributed by atoms with Crippen molar-refractivity contribution < 1.29 is 4.79 Å². The molecule has 1 aliphatic heterocycles. The first-order valence-electron chi connectivity index (χ1n) is 3.77. The molecule has 4 nitrogen and oxygen atoms in total. The molecular formula is C7H12N2O2. The van der Waals surface area contributed by atoms with Crippen LogP contribution < -0.4 is 0 Å². The smallest absolute Gasteiger partial charge is 0.139 e. The molecule has 0 aromatic carbocycles. The van der Waals surface area contributed by atoms with E-state index in [0.29, 0.717) is 13.0 Å². The van der Waals surface area contributed by atoms with Gasteiger partial charge in [-0.05, 0) is 6.92 Å². The monoisotopic (exact) mass is 156 g/mol. The Balaban J connectivity index is 2.61. The third kappa shape index (κ3) is 1.56. The quantitative estimate of drug-likeness (QED) is 0.531. The second-order valence-electron chi connectivity index (χ2n) is 3.12. The summed E-state index contributed by atoms with van der Waals surface area (Å²) in [6.07, 6.45) is 0.451. The third-order valence-electron chi connectivity index (χ3n) is 2.12. The number of hydrogen-bond acceptors (Lipinski definition) is 3. The molecule has 1 rings (SSSR count). The van der Waals surface area contributed by atoms with Gasteiger partial charge in [0.1, 0.15) is 5.78 Å². The Morgan fingerprint density at radius 3 is 2.73 bits per heavy atom. The van der Waals surface area contributed by atoms with Crippen molar-refractivity contribution in [2.45, 2.75) is 26.3 Å². The second-order valence-corrected chi connectivity index (χ2v) is 3.12. The number of ketones is 1. The molecule has 0 saturated carbocycles. The topological polar surface area (TPSA) is 49.7 Å². The fourth-order valence-electron chi connectivity index (χ4n) is 1.27. The second kappa shape index (κ2) is 2.98. The Hall–Kier alpha value is -0.930. The van der Waals surface area contributed by atoms with Crippen LogP contribution in [0, 0.1) is 10.8 Å². The maximum Gasteiger partial charge on any atom is 0.139 e. The molecule has 62 valence electrons. The summed E-state index contributed by atoms with van der Waals surface area (Å²) in [6.45, 7) is 4.14. The van der Waals surface area contributed by atoms with Crippen molar-refractivity contribution in [1.29, 1.82) is 0 Å². The summed E-state index contributed by atoms with van der Waals surface area (Å²) >= 11 is 0. The van der Waals surface area contributed by atoms with E-state index in [1.54, 1.807) is 0 Å². The third-order valence-corrected chi connectivity index (χ3v) is 2.12. The number of piperidine rings is 1. The molecule has 0 spiro atoms. The number of Topliss-reactive ketones (excluding diaryl/α,β-unsaturated/α-hetero) is 1. The van der Waals surface area contributed by atoms with E-state index < -0.39 is 0 Å². The first-order chi connectivity index (χ1) is 5.15. The van der Waals surface area contributed by atoms with Crippen LogP contribution in [0.1, 0.15) is 20.3 Å². The predicted molar refractivity (Wildman–Crippen MR) is 40.8 cm³/mol. The fraction of sp³-hybridized carbons (Fsp3) is 0.857. The van der Waals surface area contributed by atoms with Gasteiger partial charge in [0.15, 0.2) is 0 Å². The van der Waals surface area contributed by atoms with Gasteiger partial charge >= 0.3 is 0 Å². The molecule has 0 aromatic rings. The van der Waals surface area contributed by atoms with Gasteiger partial charge in [-0.1, -0.05) is 6.92 Å². The average Bonchev–Trinajstić information content (AvgIpc) is 1.97. The zero-order valence-corrected chi connectivity index (χ0v) is 6.78. The molecule has 0 bridgehead atoms. The van der Waals surface area contributed by atoms with Crippen molar-refractivity contribution in [2.75, 3.05) is 6.54 Å². The van der Waals surface area contributed by atoms with Crippen LogP contribution in [-0.4, -0.2) is 23.4 Å². The minimum atomic E-state index is -0.0381. The summed E-state index contributed by atoms with van der Waals surface area (Å²) in [6, 6.07) is -0.0174. The number of nitroso groups, excluding NO2 is 1. The SMILES string of the molecule is CC1CN(N=O)C(C)CC1=O. The largest absolute Gasteiger partial charge is 0.299 e. The molecule has 0 aromatic heterocycles. The Kier molecular flexibility index (Phi) is 2.22. The molecule has 1 saturated heterocycles. The zero-order chi connectivity index (χ0) is 8.43. The molecule has 2 unspecified atom stereocenters. The molecule has 11 heavy (non-hydrogen) atoms. The van der Waals surface area contributed by atoms with Crippen LogP contribution in [-0.2, 0) is 4.79 Å². The standard InChI is InChI=1S/C7H12N2O2/c1-5-4-9(8-11)6(2)3-7(5)10/h5-6H,3-4H2,1-2H3. The molecule has 0 N–H and O–H groups in total. The lowest BCUT2D eigenvalue weighted by molar-refractivity contribution is -0.127. The Bertz CT molecular complexity index is 181. The maximum atomic E-state index is 11.1. The molecule has 4 heteroatoms. The summed E-state index contributed by atoms with van der Waals surface area (Å²) in [7, 11) is 0. The Morgan fingerprint density at radius 1 is 1.55 bits per heavy atom. The molecule has 0 amide bonds. The molecule has 0 radical (unpaired) electrons. The maximum absolute atomic E-state index is 11.1. The van der Waals surface area contributed by atoms with Crippen LogP contribution in [0.4, 0.5) is 0 Å². The summed E-state index contributed by atoms with van der Waals surface area (Å²) < 4.78 is 0. The minimum Gasteiger partial charge on any atom is -0.299 e. The van der Waals surface area contributed by atoms with Crippen LogP contribution in [0.3, 0.4) is 0 Å². The van der Waals surface area contributed by atoms with E-state index in [9.17, 15) is 9.70 Å². The highest BCUT2D eigenvalue weighted by atomic mass is 16.3. The van der Waals surface area contributed by atoms with Crippen molar-refractivity contribution in [3.63, 3.8) is 0 Å². The van der Waals surface area contributed by atoms with Gasteiger partial charge in [-0.3, -0.25) is 9.80 Å². The van der Waals surface area contributed by atoms with Crippen LogP contribution >= 0.6 is 0 Å². The van der Waals surface area contributed by atoms with E-state index in [1.807, 2.05) is 13.8 Å². The van der Waals surface area contributed by atoms with E-state index >= 15 is 0 Å². The van der Waals surface area contributed by atoms with Crippen LogP contribution in [0.25, 0.3) is 0 Å². The van der Waals surface area contributed by atoms with Crippen LogP contribution in [0.15, 0.2) is 5.29 Å². The van der Waals surface area contributed by atoms with Crippen LogP contribution in [0.5, 0.6) is 0 Å². The zero-order valence-electron chi connectivity index (χ0n) is 6.78. The van der Waals surface area contributed by atoms with Gasteiger partial charge in [0, 0.05) is 18.9 Å². The first kappa shape index (κ1) is 8.17. The normalized spacial score (nSPS) is 32.2. The molecule has 1 heterocycles. The number of rotatable bonds is 1. The van der Waals surface area contributed by atoms with Gasteiger partial charge in [0.25, 0.3) is 0 Å². The lowest BCUT2D eigenvalue weighted by Gasteiger charge is -2.30. The summed E-state index contributed by atoms with van der Waals surface area (Å²) in [4.78, 5) is 21.3. The van der Waals surface area contributed by atoms with E-state index in [0.717, 1.165) is 0 Å². The molecule has 2 atom stereocenters. The van der Waals surface area contributed by atoms with Crippen molar-refractivity contribution >= 4 is 5.78 Å². The minimum absolute atomic E-state index is 0.0174. The van der Waals surface area contributed by atoms with Crippen molar-refractivity contribution in [1.82, 2.24) is 5.01 Å². The van der Waals surface area contributed by atoms with Gasteiger partial charge in [-0.25, -0.2) is 0 Å². The van der Waals surface area contributed by atoms with E-state index in [4.69, 9.17) is 0 Å². The highest BCUT2D eigenvalue weighted by Crippen LogP contribution is 2.17. The predicted octanol–water partition coefficient (Wildman–Crippen LogP) is 0.967. The number of carbonyl (C=O) groups is 1. The summed E-state index contributed by atoms with van der Waals surface area (Å²) in [5.41, 5.74) is 0. The van der Waals surface area contributed by atoms with Crippen LogP contribution in [0.2, 0.25) is 0 Å². The molecule has 1 fully saturated rings. The molecular weight excluding hydrogens is 144 g/mol. The lowest BCUT2D eigenvalue weighted by Crippen LogP contribution is -2.42. The van der Waals surface area contributed by atoms with Crippen molar-refractivity contribution in [3.05, 3.63) is 4.91 Å².